The highest BCUT2D eigenvalue weighted by atomic mass is 19.4. The lowest BCUT2D eigenvalue weighted by atomic mass is 10.1. The van der Waals surface area contributed by atoms with Crippen LogP contribution in [-0.2, 0) is 7.05 Å². The highest BCUT2D eigenvalue weighted by molar-refractivity contribution is 5.23. The molecular formula is C7H8F5N3. The second-order valence-electron chi connectivity index (χ2n) is 2.96. The lowest BCUT2D eigenvalue weighted by molar-refractivity contribution is -0.149. The molecule has 0 aliphatic rings. The first-order chi connectivity index (χ1) is 6.73. The monoisotopic (exact) mass is 229 g/mol. The summed E-state index contributed by atoms with van der Waals surface area (Å²) in [5, 5.41) is 3.23. The van der Waals surface area contributed by atoms with Crippen molar-refractivity contribution >= 4 is 0 Å². The van der Waals surface area contributed by atoms with Gasteiger partial charge in [0.25, 0.3) is 6.43 Å². The maximum atomic E-state index is 12.3. The van der Waals surface area contributed by atoms with Gasteiger partial charge in [-0.2, -0.15) is 18.3 Å². The molecule has 86 valence electrons. The fraction of sp³-hybridized carbons (Fsp3) is 0.571. The highest BCUT2D eigenvalue weighted by Crippen LogP contribution is 2.34. The third-order valence-electron chi connectivity index (χ3n) is 1.78. The van der Waals surface area contributed by atoms with E-state index in [1.54, 1.807) is 0 Å². The van der Waals surface area contributed by atoms with Gasteiger partial charge in [-0.25, -0.2) is 8.78 Å². The molecule has 0 spiro atoms. The van der Waals surface area contributed by atoms with Gasteiger partial charge < -0.3 is 5.73 Å². The molecule has 3 nitrogen and oxygen atoms in total. The maximum absolute atomic E-state index is 12.3. The van der Waals surface area contributed by atoms with E-state index in [0.29, 0.717) is 0 Å². The van der Waals surface area contributed by atoms with Crippen molar-refractivity contribution in [3.63, 3.8) is 0 Å². The Labute approximate surface area is 81.7 Å². The third-order valence-corrected chi connectivity index (χ3v) is 1.78. The summed E-state index contributed by atoms with van der Waals surface area (Å²) in [6.45, 7) is 0. The summed E-state index contributed by atoms with van der Waals surface area (Å²) in [6.07, 6.45) is -6.98. The van der Waals surface area contributed by atoms with Crippen LogP contribution in [-0.4, -0.2) is 16.0 Å². The SMILES string of the molecule is Cn1cc(C(N)C(F)(F)F)c(C(F)F)n1. The van der Waals surface area contributed by atoms with Crippen molar-refractivity contribution in [1.82, 2.24) is 9.78 Å². The van der Waals surface area contributed by atoms with Crippen LogP contribution in [0.2, 0.25) is 0 Å². The molecular weight excluding hydrogens is 221 g/mol. The molecule has 8 heteroatoms. The van der Waals surface area contributed by atoms with Gasteiger partial charge in [0.2, 0.25) is 0 Å². The molecule has 0 amide bonds. The number of aromatic nitrogens is 2. The molecule has 1 aromatic rings. The summed E-state index contributed by atoms with van der Waals surface area (Å²) in [7, 11) is 1.25. The van der Waals surface area contributed by atoms with Gasteiger partial charge in [0.1, 0.15) is 11.7 Å². The number of nitrogens with two attached hydrogens (primary N) is 1. The molecule has 0 fully saturated rings. The van der Waals surface area contributed by atoms with Crippen molar-refractivity contribution in [3.8, 4) is 0 Å². The first-order valence-electron chi connectivity index (χ1n) is 3.87. The van der Waals surface area contributed by atoms with Crippen molar-refractivity contribution in [3.05, 3.63) is 17.5 Å². The van der Waals surface area contributed by atoms with Crippen LogP contribution in [0.3, 0.4) is 0 Å². The Balaban J connectivity index is 3.13. The molecule has 2 N–H and O–H groups in total. The van der Waals surface area contributed by atoms with Crippen LogP contribution in [0, 0.1) is 0 Å². The van der Waals surface area contributed by atoms with E-state index in [9.17, 15) is 22.0 Å². The van der Waals surface area contributed by atoms with E-state index in [1.165, 1.54) is 7.05 Å². The van der Waals surface area contributed by atoms with Gasteiger partial charge in [-0.15, -0.1) is 0 Å². The fourth-order valence-electron chi connectivity index (χ4n) is 1.11. The van der Waals surface area contributed by atoms with Gasteiger partial charge in [0.15, 0.2) is 0 Å². The van der Waals surface area contributed by atoms with Crippen LogP contribution in [0.5, 0.6) is 0 Å². The second kappa shape index (κ2) is 3.76. The van der Waals surface area contributed by atoms with Gasteiger partial charge in [-0.3, -0.25) is 4.68 Å². The molecule has 1 atom stereocenters. The lowest BCUT2D eigenvalue weighted by Crippen LogP contribution is -2.29. The van der Waals surface area contributed by atoms with E-state index in [4.69, 9.17) is 5.73 Å². The van der Waals surface area contributed by atoms with E-state index < -0.39 is 29.9 Å². The van der Waals surface area contributed by atoms with Gasteiger partial charge in [0.05, 0.1) is 0 Å². The molecule has 0 aliphatic heterocycles. The first-order valence-corrected chi connectivity index (χ1v) is 3.87. The first kappa shape index (κ1) is 11.9. The zero-order chi connectivity index (χ0) is 11.8. The third kappa shape index (κ3) is 2.44. The summed E-state index contributed by atoms with van der Waals surface area (Å²) in [5.41, 5.74) is 3.19. The van der Waals surface area contributed by atoms with Gasteiger partial charge in [-0.1, -0.05) is 0 Å². The number of rotatable bonds is 2. The van der Waals surface area contributed by atoms with Crippen LogP contribution in [0.4, 0.5) is 22.0 Å². The smallest absolute Gasteiger partial charge is 0.316 e. The number of halogens is 5. The molecule has 1 aromatic heterocycles. The van der Waals surface area contributed by atoms with Crippen molar-refractivity contribution in [2.75, 3.05) is 0 Å². The van der Waals surface area contributed by atoms with E-state index in [0.717, 1.165) is 10.9 Å². The Morgan fingerprint density at radius 2 is 1.93 bits per heavy atom. The number of alkyl halides is 5. The second-order valence-corrected chi connectivity index (χ2v) is 2.96. The predicted molar refractivity (Wildman–Crippen MR) is 41.1 cm³/mol. The summed E-state index contributed by atoms with van der Waals surface area (Å²) in [4.78, 5) is 0. The summed E-state index contributed by atoms with van der Waals surface area (Å²) in [6, 6.07) is -2.44. The van der Waals surface area contributed by atoms with Gasteiger partial charge in [0, 0.05) is 18.8 Å². The number of hydrogen-bond acceptors (Lipinski definition) is 2. The summed E-state index contributed by atoms with van der Waals surface area (Å²) < 4.78 is 62.0. The number of aryl methyl sites for hydroxylation is 1. The van der Waals surface area contributed by atoms with Crippen LogP contribution in [0.15, 0.2) is 6.20 Å². The van der Waals surface area contributed by atoms with Gasteiger partial charge >= 0.3 is 6.18 Å². The molecule has 15 heavy (non-hydrogen) atoms. The number of nitrogens with zero attached hydrogens (tertiary/aromatic N) is 2. The quantitative estimate of drug-likeness (QED) is 0.787. The van der Waals surface area contributed by atoms with Gasteiger partial charge in [-0.05, 0) is 0 Å². The standard InChI is InChI=1S/C7H8F5N3/c1-15-2-3(4(14-15)6(8)9)5(13)7(10,11)12/h2,5-6H,13H2,1H3. The molecule has 1 unspecified atom stereocenters. The molecule has 1 heterocycles. The fourth-order valence-corrected chi connectivity index (χ4v) is 1.11. The van der Waals surface area contributed by atoms with E-state index in [1.807, 2.05) is 0 Å². The van der Waals surface area contributed by atoms with Crippen molar-refractivity contribution < 1.29 is 22.0 Å². The highest BCUT2D eigenvalue weighted by Gasteiger charge is 2.41. The molecule has 0 radical (unpaired) electrons. The summed E-state index contributed by atoms with van der Waals surface area (Å²) >= 11 is 0. The normalized spacial score (nSPS) is 14.7. The predicted octanol–water partition coefficient (Wildman–Crippen LogP) is 1.92. The minimum Gasteiger partial charge on any atom is -0.316 e. The Hall–Kier alpha value is -1.18. The van der Waals surface area contributed by atoms with Crippen molar-refractivity contribution in [2.45, 2.75) is 18.6 Å². The van der Waals surface area contributed by atoms with E-state index >= 15 is 0 Å². The van der Waals surface area contributed by atoms with E-state index in [-0.39, 0.29) is 0 Å². The largest absolute Gasteiger partial charge is 0.407 e. The molecule has 0 aliphatic carbocycles. The zero-order valence-electron chi connectivity index (χ0n) is 7.59. The maximum Gasteiger partial charge on any atom is 0.407 e. The van der Waals surface area contributed by atoms with Crippen molar-refractivity contribution in [1.29, 1.82) is 0 Å². The Morgan fingerprint density at radius 1 is 1.40 bits per heavy atom. The lowest BCUT2D eigenvalue weighted by Gasteiger charge is -2.14. The van der Waals surface area contributed by atoms with E-state index in [2.05, 4.69) is 5.10 Å². The molecule has 0 bridgehead atoms. The minimum atomic E-state index is -4.76. The Kier molecular flexibility index (Phi) is 2.98. The Morgan fingerprint density at radius 3 is 2.33 bits per heavy atom. The molecule has 0 saturated carbocycles. The Bertz CT molecular complexity index is 343. The zero-order valence-corrected chi connectivity index (χ0v) is 7.59. The van der Waals surface area contributed by atoms with Crippen LogP contribution >= 0.6 is 0 Å². The molecule has 1 rings (SSSR count). The topological polar surface area (TPSA) is 43.8 Å². The molecule has 0 aromatic carbocycles. The van der Waals surface area contributed by atoms with Crippen molar-refractivity contribution in [2.24, 2.45) is 12.8 Å². The van der Waals surface area contributed by atoms with Crippen LogP contribution < -0.4 is 5.73 Å². The van der Waals surface area contributed by atoms with Crippen LogP contribution in [0.1, 0.15) is 23.7 Å². The molecule has 0 saturated heterocycles. The summed E-state index contributed by atoms with van der Waals surface area (Å²) in [5.74, 6) is 0. The average Bonchev–Trinajstić information content (AvgIpc) is 2.44. The minimum absolute atomic E-state index is 0.694. The average molecular weight is 229 g/mol. The number of hydrogen-bond donors (Lipinski definition) is 1. The van der Waals surface area contributed by atoms with Crippen LogP contribution in [0.25, 0.3) is 0 Å².